The van der Waals surface area contributed by atoms with Crippen LogP contribution in [-0.2, 0) is 0 Å². The zero-order chi connectivity index (χ0) is 20.7. The maximum Gasteiger partial charge on any atom is 0.411 e. The average Bonchev–Trinajstić information content (AvgIpc) is 3.16. The molecule has 29 heavy (non-hydrogen) atoms. The largest absolute Gasteiger partial charge is 0.507 e. The number of anilines is 1. The second kappa shape index (κ2) is 6.90. The summed E-state index contributed by atoms with van der Waals surface area (Å²) in [5.74, 6) is -0.420. The first-order valence-electron chi connectivity index (χ1n) is 8.76. The van der Waals surface area contributed by atoms with Gasteiger partial charge in [0.2, 0.25) is 0 Å². The lowest BCUT2D eigenvalue weighted by molar-refractivity contribution is 0.203. The Morgan fingerprint density at radius 3 is 2.69 bits per heavy atom. The Hall–Kier alpha value is -3.94. The smallest absolute Gasteiger partial charge is 0.411 e. The maximum absolute atomic E-state index is 14.4. The number of carbonyl (C=O) groups is 1. The Morgan fingerprint density at radius 1 is 1.17 bits per heavy atom. The van der Waals surface area contributed by atoms with E-state index in [0.717, 1.165) is 10.5 Å². The number of benzene rings is 2. The van der Waals surface area contributed by atoms with Gasteiger partial charge in [-0.15, -0.1) is 0 Å². The molecule has 146 valence electrons. The van der Waals surface area contributed by atoms with E-state index in [4.69, 9.17) is 0 Å². The Morgan fingerprint density at radius 2 is 1.97 bits per heavy atom. The molecule has 0 unspecified atom stereocenters. The van der Waals surface area contributed by atoms with Gasteiger partial charge in [-0.1, -0.05) is 12.1 Å². The molecule has 2 aromatic carbocycles. The van der Waals surface area contributed by atoms with Crippen molar-refractivity contribution in [2.75, 3.05) is 11.9 Å². The van der Waals surface area contributed by atoms with E-state index in [0.29, 0.717) is 22.4 Å². The first-order valence-corrected chi connectivity index (χ1v) is 8.76. The van der Waals surface area contributed by atoms with Crippen LogP contribution in [0, 0.1) is 12.7 Å². The molecule has 2 aromatic heterocycles. The van der Waals surface area contributed by atoms with Crippen molar-refractivity contribution in [3.8, 4) is 23.0 Å². The van der Waals surface area contributed by atoms with Gasteiger partial charge in [0.15, 0.2) is 5.82 Å². The summed E-state index contributed by atoms with van der Waals surface area (Å²) in [4.78, 5) is 21.3. The molecule has 0 aliphatic rings. The SMILES string of the molecule is Cc1ccc2c(-n3ccc(N(C)C(=O)O)c3)nc(-c3c(O)cccc3F)nc2c1. The quantitative estimate of drug-likeness (QED) is 0.541. The third kappa shape index (κ3) is 3.25. The van der Waals surface area contributed by atoms with Crippen molar-refractivity contribution >= 4 is 22.7 Å². The highest BCUT2D eigenvalue weighted by molar-refractivity contribution is 5.89. The predicted octanol–water partition coefficient (Wildman–Crippen LogP) is 4.35. The summed E-state index contributed by atoms with van der Waals surface area (Å²) in [6.45, 7) is 1.91. The summed E-state index contributed by atoms with van der Waals surface area (Å²) in [5.41, 5.74) is 1.90. The Bertz CT molecular complexity index is 1230. The first-order chi connectivity index (χ1) is 13.8. The van der Waals surface area contributed by atoms with Crippen LogP contribution in [-0.4, -0.2) is 37.9 Å². The molecule has 4 aromatic rings. The van der Waals surface area contributed by atoms with E-state index in [-0.39, 0.29) is 17.1 Å². The predicted molar refractivity (Wildman–Crippen MR) is 107 cm³/mol. The molecule has 0 atom stereocenters. The number of rotatable bonds is 3. The molecule has 2 heterocycles. The molecule has 0 saturated heterocycles. The number of phenolic OH excluding ortho intramolecular Hbond substituents is 1. The van der Waals surface area contributed by atoms with Crippen molar-refractivity contribution in [1.29, 1.82) is 0 Å². The number of amides is 1. The number of aromatic nitrogens is 3. The topological polar surface area (TPSA) is 91.5 Å². The molecule has 0 bridgehead atoms. The highest BCUT2D eigenvalue weighted by Crippen LogP contribution is 2.32. The van der Waals surface area contributed by atoms with Crippen LogP contribution in [0.2, 0.25) is 0 Å². The van der Waals surface area contributed by atoms with Gasteiger partial charge in [-0.25, -0.2) is 19.2 Å². The highest BCUT2D eigenvalue weighted by atomic mass is 19.1. The number of aromatic hydroxyl groups is 1. The molecular weight excluding hydrogens is 375 g/mol. The summed E-state index contributed by atoms with van der Waals surface area (Å²) in [6, 6.07) is 11.2. The van der Waals surface area contributed by atoms with Crippen LogP contribution in [0.3, 0.4) is 0 Å². The van der Waals surface area contributed by atoms with Gasteiger partial charge < -0.3 is 14.8 Å². The average molecular weight is 392 g/mol. The number of hydrogen-bond donors (Lipinski definition) is 2. The molecule has 4 rings (SSSR count). The molecule has 0 aliphatic carbocycles. The third-order valence-corrected chi connectivity index (χ3v) is 4.64. The van der Waals surface area contributed by atoms with E-state index in [1.807, 2.05) is 25.1 Å². The van der Waals surface area contributed by atoms with E-state index in [9.17, 15) is 19.4 Å². The number of nitrogens with zero attached hydrogens (tertiary/aromatic N) is 4. The summed E-state index contributed by atoms with van der Waals surface area (Å²) < 4.78 is 16.1. The van der Waals surface area contributed by atoms with Crippen LogP contribution in [0.15, 0.2) is 54.9 Å². The highest BCUT2D eigenvalue weighted by Gasteiger charge is 2.18. The third-order valence-electron chi connectivity index (χ3n) is 4.64. The van der Waals surface area contributed by atoms with Gasteiger partial charge in [0.25, 0.3) is 0 Å². The summed E-state index contributed by atoms with van der Waals surface area (Å²) in [7, 11) is 1.44. The van der Waals surface area contributed by atoms with E-state index in [1.165, 1.54) is 25.2 Å². The zero-order valence-corrected chi connectivity index (χ0v) is 15.7. The number of carboxylic acid groups (broad SMARTS) is 1. The van der Waals surface area contributed by atoms with Crippen LogP contribution >= 0.6 is 0 Å². The van der Waals surface area contributed by atoms with Crippen LogP contribution in [0.1, 0.15) is 5.56 Å². The summed E-state index contributed by atoms with van der Waals surface area (Å²) >= 11 is 0. The molecule has 0 saturated carbocycles. The Kier molecular flexibility index (Phi) is 4.38. The fraction of sp³-hybridized carbons (Fsp3) is 0.0952. The first kappa shape index (κ1) is 18.4. The fourth-order valence-corrected chi connectivity index (χ4v) is 3.09. The van der Waals surface area contributed by atoms with Gasteiger partial charge >= 0.3 is 6.09 Å². The number of phenols is 1. The van der Waals surface area contributed by atoms with Crippen molar-refractivity contribution in [3.63, 3.8) is 0 Å². The van der Waals surface area contributed by atoms with Crippen molar-refractivity contribution in [1.82, 2.24) is 14.5 Å². The maximum atomic E-state index is 14.4. The Balaban J connectivity index is 1.97. The summed E-state index contributed by atoms with van der Waals surface area (Å²) in [5, 5.41) is 20.1. The summed E-state index contributed by atoms with van der Waals surface area (Å²) in [6.07, 6.45) is 2.19. The van der Waals surface area contributed by atoms with Gasteiger partial charge in [0, 0.05) is 24.8 Å². The molecule has 1 amide bonds. The van der Waals surface area contributed by atoms with Crippen LogP contribution in [0.25, 0.3) is 28.1 Å². The van der Waals surface area contributed by atoms with Crippen molar-refractivity contribution in [2.24, 2.45) is 0 Å². The lowest BCUT2D eigenvalue weighted by atomic mass is 10.1. The standard InChI is InChI=1S/C21H17FN4O3/c1-12-6-7-14-16(10-12)23-19(18-15(22)4-3-5-17(18)27)24-20(14)26-9-8-13(11-26)25(2)21(28)29/h3-11,27H,1-2H3,(H,28,29). The van der Waals surface area contributed by atoms with E-state index in [1.54, 1.807) is 23.0 Å². The number of aryl methyl sites for hydroxylation is 1. The molecule has 8 heteroatoms. The molecular formula is C21H17FN4O3. The van der Waals surface area contributed by atoms with Crippen LogP contribution in [0.4, 0.5) is 14.9 Å². The van der Waals surface area contributed by atoms with Crippen molar-refractivity contribution in [2.45, 2.75) is 6.92 Å². The van der Waals surface area contributed by atoms with Crippen molar-refractivity contribution in [3.05, 3.63) is 66.2 Å². The molecule has 0 fully saturated rings. The second-order valence-corrected chi connectivity index (χ2v) is 6.64. The number of halogens is 1. The van der Waals surface area contributed by atoms with E-state index >= 15 is 0 Å². The lowest BCUT2D eigenvalue weighted by Gasteiger charge is -2.12. The molecule has 0 aliphatic heterocycles. The van der Waals surface area contributed by atoms with Crippen LogP contribution in [0.5, 0.6) is 5.75 Å². The van der Waals surface area contributed by atoms with Crippen molar-refractivity contribution < 1.29 is 19.4 Å². The minimum atomic E-state index is -1.09. The fourth-order valence-electron chi connectivity index (χ4n) is 3.09. The van der Waals surface area contributed by atoms with Gasteiger partial charge in [-0.2, -0.15) is 0 Å². The zero-order valence-electron chi connectivity index (χ0n) is 15.7. The lowest BCUT2D eigenvalue weighted by Crippen LogP contribution is -2.23. The molecule has 0 spiro atoms. The monoisotopic (exact) mass is 392 g/mol. The second-order valence-electron chi connectivity index (χ2n) is 6.64. The number of hydrogen-bond acceptors (Lipinski definition) is 4. The van der Waals surface area contributed by atoms with E-state index in [2.05, 4.69) is 9.97 Å². The molecule has 0 radical (unpaired) electrons. The van der Waals surface area contributed by atoms with Gasteiger partial charge in [0.05, 0.1) is 16.8 Å². The minimum absolute atomic E-state index is 0.0375. The molecule has 7 nitrogen and oxygen atoms in total. The normalized spacial score (nSPS) is 11.0. The van der Waals surface area contributed by atoms with Crippen LogP contribution < -0.4 is 4.90 Å². The molecule has 2 N–H and O–H groups in total. The van der Waals surface area contributed by atoms with Gasteiger partial charge in [-0.3, -0.25) is 4.90 Å². The number of fused-ring (bicyclic) bond motifs is 1. The minimum Gasteiger partial charge on any atom is -0.507 e. The van der Waals surface area contributed by atoms with E-state index < -0.39 is 11.9 Å². The Labute approximate surface area is 165 Å². The van der Waals surface area contributed by atoms with Gasteiger partial charge in [-0.05, 0) is 42.8 Å². The van der Waals surface area contributed by atoms with Gasteiger partial charge in [0.1, 0.15) is 17.4 Å².